The number of phenolic OH excluding ortho intramolecular Hbond substituents is 1. The van der Waals surface area contributed by atoms with Gasteiger partial charge in [0.2, 0.25) is 5.88 Å². The first-order valence-electron chi connectivity index (χ1n) is 12.1. The van der Waals surface area contributed by atoms with Gasteiger partial charge in [0.05, 0.1) is 0 Å². The monoisotopic (exact) mass is 476 g/mol. The Bertz CT molecular complexity index is 1410. The van der Waals surface area contributed by atoms with Crippen LogP contribution < -0.4 is 0 Å². The van der Waals surface area contributed by atoms with E-state index in [0.29, 0.717) is 17.1 Å². The van der Waals surface area contributed by atoms with Crippen molar-refractivity contribution < 1.29 is 9.52 Å². The van der Waals surface area contributed by atoms with E-state index in [0.717, 1.165) is 33.4 Å². The molecule has 0 amide bonds. The molecule has 0 saturated carbocycles. The van der Waals surface area contributed by atoms with Crippen molar-refractivity contribution in [3.63, 3.8) is 0 Å². The van der Waals surface area contributed by atoms with Gasteiger partial charge in [-0.25, -0.2) is 4.99 Å². The second-order valence-corrected chi connectivity index (χ2v) is 11.1. The van der Waals surface area contributed by atoms with Gasteiger partial charge in [-0.1, -0.05) is 102 Å². The van der Waals surface area contributed by atoms with Crippen molar-refractivity contribution in [2.75, 3.05) is 0 Å². The predicted molar refractivity (Wildman–Crippen MR) is 147 cm³/mol. The molecule has 1 heterocycles. The Labute approximate surface area is 213 Å². The summed E-state index contributed by atoms with van der Waals surface area (Å²) in [6.45, 7) is 12.5. The van der Waals surface area contributed by atoms with E-state index in [4.69, 9.17) is 4.42 Å². The lowest BCUT2D eigenvalue weighted by molar-refractivity contribution is 0.423. The third-order valence-corrected chi connectivity index (χ3v) is 6.18. The van der Waals surface area contributed by atoms with Crippen LogP contribution in [-0.2, 0) is 10.8 Å². The summed E-state index contributed by atoms with van der Waals surface area (Å²) in [6.07, 6.45) is 1.72. The van der Waals surface area contributed by atoms with Crippen LogP contribution in [0.4, 0.5) is 5.88 Å². The van der Waals surface area contributed by atoms with Gasteiger partial charge in [0.1, 0.15) is 23.1 Å². The van der Waals surface area contributed by atoms with Crippen molar-refractivity contribution in [3.8, 4) is 34.3 Å². The summed E-state index contributed by atoms with van der Waals surface area (Å²) < 4.78 is 6.25. The largest absolute Gasteiger partial charge is 0.507 e. The van der Waals surface area contributed by atoms with Crippen LogP contribution in [0.2, 0.25) is 0 Å². The summed E-state index contributed by atoms with van der Waals surface area (Å²) in [7, 11) is 0. The molecule has 1 N–H and O–H groups in total. The van der Waals surface area contributed by atoms with E-state index in [1.165, 1.54) is 0 Å². The zero-order chi connectivity index (χ0) is 26.1. The molecule has 0 aliphatic rings. The zero-order valence-electron chi connectivity index (χ0n) is 21.8. The fourth-order valence-electron chi connectivity index (χ4n) is 4.29. The molecular formula is C32H32N2O2. The molecule has 4 heteroatoms. The van der Waals surface area contributed by atoms with Crippen molar-refractivity contribution in [2.45, 2.75) is 52.4 Å². The van der Waals surface area contributed by atoms with Gasteiger partial charge >= 0.3 is 0 Å². The van der Waals surface area contributed by atoms with Crippen LogP contribution in [0.15, 0.2) is 82.2 Å². The highest BCUT2D eigenvalue weighted by Crippen LogP contribution is 2.43. The molecule has 0 aliphatic carbocycles. The van der Waals surface area contributed by atoms with Crippen LogP contribution in [0.5, 0.6) is 5.75 Å². The van der Waals surface area contributed by atoms with E-state index in [9.17, 15) is 10.4 Å². The number of nitrogens with zero attached hydrogens (tertiary/aromatic N) is 2. The first-order valence-corrected chi connectivity index (χ1v) is 12.1. The summed E-state index contributed by atoms with van der Waals surface area (Å²) >= 11 is 0. The molecule has 0 radical (unpaired) electrons. The third-order valence-electron chi connectivity index (χ3n) is 6.18. The average Bonchev–Trinajstić information content (AvgIpc) is 3.21. The molecular weight excluding hydrogens is 444 g/mol. The SMILES string of the molecule is CC(C)(C)c1cc(/C=N/c2oc(-c3ccccc3)c(-c3ccccc3)c2C#N)cc(C(C)(C)C)c1O. The Hall–Kier alpha value is -4.10. The van der Waals surface area contributed by atoms with Crippen LogP contribution in [0.3, 0.4) is 0 Å². The summed E-state index contributed by atoms with van der Waals surface area (Å²) in [5, 5.41) is 21.2. The number of aliphatic imine (C=N–C) groups is 1. The van der Waals surface area contributed by atoms with E-state index in [1.807, 2.05) is 72.8 Å². The Balaban J connectivity index is 1.90. The van der Waals surface area contributed by atoms with E-state index in [1.54, 1.807) is 6.21 Å². The van der Waals surface area contributed by atoms with Crippen LogP contribution in [0, 0.1) is 11.3 Å². The maximum atomic E-state index is 11.0. The number of hydrogen-bond donors (Lipinski definition) is 1. The molecule has 0 unspecified atom stereocenters. The molecule has 0 spiro atoms. The van der Waals surface area contributed by atoms with Gasteiger partial charge in [-0.2, -0.15) is 5.26 Å². The molecule has 0 bridgehead atoms. The number of nitriles is 1. The number of hydrogen-bond acceptors (Lipinski definition) is 4. The van der Waals surface area contributed by atoms with Crippen molar-refractivity contribution in [1.29, 1.82) is 5.26 Å². The predicted octanol–water partition coefficient (Wildman–Crippen LogP) is 8.54. The Kier molecular flexibility index (Phi) is 6.61. The minimum Gasteiger partial charge on any atom is -0.507 e. The Morgan fingerprint density at radius 1 is 0.806 bits per heavy atom. The molecule has 0 atom stereocenters. The lowest BCUT2D eigenvalue weighted by Gasteiger charge is -2.27. The lowest BCUT2D eigenvalue weighted by atomic mass is 9.78. The number of aromatic hydroxyl groups is 1. The van der Waals surface area contributed by atoms with Gasteiger partial charge in [-0.05, 0) is 34.1 Å². The molecule has 36 heavy (non-hydrogen) atoms. The van der Waals surface area contributed by atoms with Crippen molar-refractivity contribution in [3.05, 3.63) is 95.1 Å². The highest BCUT2D eigenvalue weighted by atomic mass is 16.4. The fourth-order valence-corrected chi connectivity index (χ4v) is 4.29. The number of furan rings is 1. The van der Waals surface area contributed by atoms with E-state index in [2.05, 4.69) is 52.6 Å². The summed E-state index contributed by atoms with van der Waals surface area (Å²) in [5.74, 6) is 1.19. The number of phenols is 1. The summed E-state index contributed by atoms with van der Waals surface area (Å²) in [6, 6.07) is 25.8. The Morgan fingerprint density at radius 2 is 1.31 bits per heavy atom. The molecule has 4 rings (SSSR count). The lowest BCUT2D eigenvalue weighted by Crippen LogP contribution is -2.17. The van der Waals surface area contributed by atoms with Gasteiger partial charge in [-0.15, -0.1) is 0 Å². The average molecular weight is 477 g/mol. The molecule has 182 valence electrons. The molecule has 0 saturated heterocycles. The van der Waals surface area contributed by atoms with Gasteiger partial charge in [0.15, 0.2) is 0 Å². The van der Waals surface area contributed by atoms with Crippen molar-refractivity contribution in [1.82, 2.24) is 0 Å². The highest BCUT2D eigenvalue weighted by Gasteiger charge is 2.27. The van der Waals surface area contributed by atoms with E-state index < -0.39 is 0 Å². The molecule has 3 aromatic carbocycles. The molecule has 4 nitrogen and oxygen atoms in total. The fraction of sp³-hybridized carbons (Fsp3) is 0.250. The molecule has 0 fully saturated rings. The smallest absolute Gasteiger partial charge is 0.238 e. The van der Waals surface area contributed by atoms with E-state index >= 15 is 0 Å². The van der Waals surface area contributed by atoms with Crippen LogP contribution >= 0.6 is 0 Å². The van der Waals surface area contributed by atoms with Gasteiger partial charge < -0.3 is 9.52 Å². The molecule has 0 aliphatic heterocycles. The van der Waals surface area contributed by atoms with Crippen LogP contribution in [-0.4, -0.2) is 11.3 Å². The van der Waals surface area contributed by atoms with Crippen LogP contribution in [0.25, 0.3) is 22.5 Å². The molecule has 1 aromatic heterocycles. The number of benzene rings is 3. The standard InChI is InChI=1S/C32H32N2O2/c1-31(2,3)25-17-21(18-26(28(25)35)32(4,5)6)20-34-30-24(19-33)27(22-13-9-7-10-14-22)29(36-30)23-15-11-8-12-16-23/h7-18,20,35H,1-6H3/b34-20+. The second kappa shape index (κ2) is 9.51. The first-order chi connectivity index (χ1) is 17.0. The number of rotatable bonds is 4. The first kappa shape index (κ1) is 25.0. The second-order valence-electron chi connectivity index (χ2n) is 11.1. The molecule has 4 aromatic rings. The summed E-state index contributed by atoms with van der Waals surface area (Å²) in [4.78, 5) is 4.66. The Morgan fingerprint density at radius 3 is 1.78 bits per heavy atom. The maximum absolute atomic E-state index is 11.0. The topological polar surface area (TPSA) is 69.5 Å². The normalized spacial score (nSPS) is 12.1. The van der Waals surface area contributed by atoms with Crippen molar-refractivity contribution in [2.24, 2.45) is 4.99 Å². The summed E-state index contributed by atoms with van der Waals surface area (Å²) in [5.41, 5.74) is 4.93. The third kappa shape index (κ3) is 4.97. The van der Waals surface area contributed by atoms with Crippen molar-refractivity contribution >= 4 is 12.1 Å². The van der Waals surface area contributed by atoms with Crippen LogP contribution in [0.1, 0.15) is 63.8 Å². The highest BCUT2D eigenvalue weighted by molar-refractivity contribution is 5.90. The van der Waals surface area contributed by atoms with Gasteiger partial charge in [0, 0.05) is 28.5 Å². The van der Waals surface area contributed by atoms with E-state index in [-0.39, 0.29) is 16.7 Å². The van der Waals surface area contributed by atoms with Gasteiger partial charge in [0.25, 0.3) is 0 Å². The minimum atomic E-state index is -0.253. The maximum Gasteiger partial charge on any atom is 0.238 e. The zero-order valence-corrected chi connectivity index (χ0v) is 21.8. The quantitative estimate of drug-likeness (QED) is 0.300. The minimum absolute atomic E-state index is 0.253. The van der Waals surface area contributed by atoms with Gasteiger partial charge in [-0.3, -0.25) is 0 Å².